The van der Waals surface area contributed by atoms with Crippen LogP contribution in [-0.2, 0) is 0 Å². The summed E-state index contributed by atoms with van der Waals surface area (Å²) in [6.45, 7) is 4.00. The summed E-state index contributed by atoms with van der Waals surface area (Å²) in [7, 11) is 4.86. The number of rotatable bonds is 15. The number of para-hydroxylation sites is 1. The van der Waals surface area contributed by atoms with Gasteiger partial charge < -0.3 is 25.7 Å². The maximum atomic E-state index is 12.6. The fourth-order valence-electron chi connectivity index (χ4n) is 6.99. The van der Waals surface area contributed by atoms with Gasteiger partial charge in [-0.2, -0.15) is 10.2 Å². The average molecular weight is 1120 g/mol. The lowest BCUT2D eigenvalue weighted by Gasteiger charge is -2.12. The van der Waals surface area contributed by atoms with Crippen LogP contribution >= 0.6 is 47.6 Å². The Balaban J connectivity index is 0.000000216. The van der Waals surface area contributed by atoms with E-state index < -0.39 is 10.5 Å². The highest BCUT2D eigenvalue weighted by atomic mass is 35.5. The molecule has 0 radical (unpaired) electrons. The molecule has 0 atom stereocenters. The molecule has 0 saturated carbocycles. The van der Waals surface area contributed by atoms with Gasteiger partial charge in [0.1, 0.15) is 17.2 Å². The van der Waals surface area contributed by atoms with Crippen LogP contribution in [0.2, 0.25) is 0 Å². The quantitative estimate of drug-likeness (QED) is 0.0249. The molecule has 0 unspecified atom stereocenters. The van der Waals surface area contributed by atoms with Gasteiger partial charge in [-0.05, 0) is 140 Å². The number of ether oxygens (including phenoxy) is 3. The van der Waals surface area contributed by atoms with Crippen LogP contribution in [0.5, 0.6) is 17.2 Å². The summed E-state index contributed by atoms with van der Waals surface area (Å²) < 4.78 is 15.3. The van der Waals surface area contributed by atoms with Crippen LogP contribution in [0.4, 0.5) is 0 Å². The third kappa shape index (κ3) is 18.8. The fraction of sp³-hybridized carbons (Fsp3) is 0.0820. The van der Waals surface area contributed by atoms with Gasteiger partial charge in [0.2, 0.25) is 0 Å². The lowest BCUT2D eigenvalue weighted by atomic mass is 9.96. The molecule has 0 heterocycles. The molecule has 0 amide bonds. The Morgan fingerprint density at radius 1 is 0.385 bits per heavy atom. The molecule has 396 valence electrons. The van der Waals surface area contributed by atoms with E-state index in [-0.39, 0.29) is 32.9 Å². The third-order valence-electron chi connectivity index (χ3n) is 11.0. The first-order valence-corrected chi connectivity index (χ1v) is 25.1. The SMILES string of the molecule is COc1ccc(C(=NNC(N)=S)c2cccc(C(=NNC(N)=S)c3ccc(C)cc3)c2)cc1.COc1ccc(C(=O)c2cccc(C(=O)c3ccc(C)cc3)c2)cc1.COc1ccccc1.O=C(Cl)c1cccc(C(=O)Cl)c1. The van der Waals surface area contributed by atoms with Crippen molar-refractivity contribution in [3.8, 4) is 17.2 Å². The van der Waals surface area contributed by atoms with Crippen molar-refractivity contribution in [2.24, 2.45) is 21.7 Å². The van der Waals surface area contributed by atoms with E-state index in [1.165, 1.54) is 18.2 Å². The monoisotopic (exact) mass is 1120 g/mol. The number of aryl methyl sites for hydroxylation is 2. The highest BCUT2D eigenvalue weighted by Gasteiger charge is 2.16. The number of halogens is 2. The predicted molar refractivity (Wildman–Crippen MR) is 319 cm³/mol. The minimum atomic E-state index is -0.602. The van der Waals surface area contributed by atoms with Crippen molar-refractivity contribution in [1.29, 1.82) is 0 Å². The molecule has 0 fully saturated rings. The Hall–Kier alpha value is -8.86. The van der Waals surface area contributed by atoms with Gasteiger partial charge in [0, 0.05) is 55.6 Å². The number of hydrazone groups is 2. The van der Waals surface area contributed by atoms with Crippen LogP contribution in [0.3, 0.4) is 0 Å². The normalized spacial score (nSPS) is 10.6. The number of nitrogens with two attached hydrogens (primary N) is 2. The van der Waals surface area contributed by atoms with Gasteiger partial charge in [0.25, 0.3) is 10.5 Å². The van der Waals surface area contributed by atoms with E-state index in [1.807, 2.05) is 129 Å². The maximum Gasteiger partial charge on any atom is 0.252 e. The van der Waals surface area contributed by atoms with Crippen LogP contribution in [0.1, 0.15) is 85.9 Å². The highest BCUT2D eigenvalue weighted by Crippen LogP contribution is 2.21. The Kier molecular flexibility index (Phi) is 23.6. The van der Waals surface area contributed by atoms with E-state index in [4.69, 9.17) is 73.3 Å². The van der Waals surface area contributed by atoms with Crippen LogP contribution in [0.15, 0.2) is 210 Å². The average Bonchev–Trinajstić information content (AvgIpc) is 3.48. The minimum Gasteiger partial charge on any atom is -0.497 e. The zero-order chi connectivity index (χ0) is 56.6. The predicted octanol–water partition coefficient (Wildman–Crippen LogP) is 11.8. The van der Waals surface area contributed by atoms with Crippen molar-refractivity contribution in [1.82, 2.24) is 10.9 Å². The number of ketones is 2. The van der Waals surface area contributed by atoms with Gasteiger partial charge >= 0.3 is 0 Å². The summed E-state index contributed by atoms with van der Waals surface area (Å²) in [4.78, 5) is 46.5. The molecule has 8 aromatic carbocycles. The minimum absolute atomic E-state index is 0.0692. The van der Waals surface area contributed by atoms with Crippen molar-refractivity contribution < 1.29 is 33.4 Å². The molecular weight excluding hydrogens is 1060 g/mol. The van der Waals surface area contributed by atoms with Crippen molar-refractivity contribution in [3.05, 3.63) is 267 Å². The molecule has 0 aliphatic carbocycles. The van der Waals surface area contributed by atoms with Gasteiger partial charge in [0.15, 0.2) is 21.8 Å². The van der Waals surface area contributed by atoms with E-state index in [9.17, 15) is 19.2 Å². The van der Waals surface area contributed by atoms with E-state index in [0.717, 1.165) is 44.9 Å². The number of thiocarbonyl (C=S) groups is 2. The van der Waals surface area contributed by atoms with E-state index >= 15 is 0 Å². The van der Waals surface area contributed by atoms with Crippen molar-refractivity contribution >= 4 is 91.3 Å². The number of hydrogen-bond acceptors (Lipinski definition) is 11. The molecule has 13 nitrogen and oxygen atoms in total. The smallest absolute Gasteiger partial charge is 0.252 e. The maximum absolute atomic E-state index is 12.6. The molecule has 0 aliphatic heterocycles. The molecule has 78 heavy (non-hydrogen) atoms. The first-order chi connectivity index (χ1) is 37.5. The zero-order valence-corrected chi connectivity index (χ0v) is 46.2. The second-order valence-electron chi connectivity index (χ2n) is 16.5. The number of methoxy groups -OCH3 is 3. The lowest BCUT2D eigenvalue weighted by molar-refractivity contribution is 0.103. The number of nitrogens with one attached hydrogen (secondary N) is 2. The standard InChI is InChI=1S/C24H24N6OS2.C22H18O3.C8H4Cl2O2.C7H8O/c1-15-6-8-16(9-7-15)21(27-29-23(25)32)18-4-3-5-19(14-18)22(28-30-24(26)33)17-10-12-20(31-2)13-11-17;1-15-6-8-16(9-7-15)21(23)18-4-3-5-19(14-18)22(24)17-10-12-20(25-2)13-11-17;9-7(11)5-2-1-3-6(4-5)8(10)12;1-8-7-5-3-2-4-6-7/h3-14H,1-2H3,(H3,25,29,32)(H3,26,30,33);3-14H,1-2H3;1-4H;2-6H,1H3. The number of hydrogen-bond donors (Lipinski definition) is 4. The van der Waals surface area contributed by atoms with Crippen LogP contribution < -0.4 is 36.5 Å². The van der Waals surface area contributed by atoms with E-state index in [1.54, 1.807) is 88.1 Å². The number of nitrogens with zero attached hydrogens (tertiary/aromatic N) is 2. The largest absolute Gasteiger partial charge is 0.497 e. The molecule has 8 rings (SSSR count). The van der Waals surface area contributed by atoms with Crippen molar-refractivity contribution in [3.63, 3.8) is 0 Å². The second-order valence-corrected chi connectivity index (χ2v) is 18.1. The van der Waals surface area contributed by atoms with Gasteiger partial charge in [-0.25, -0.2) is 0 Å². The van der Waals surface area contributed by atoms with Gasteiger partial charge in [0.05, 0.1) is 32.8 Å². The molecule has 0 saturated heterocycles. The summed E-state index contributed by atoms with van der Waals surface area (Å²) in [5.41, 5.74) is 26.3. The molecule has 0 bridgehead atoms. The van der Waals surface area contributed by atoms with E-state index in [0.29, 0.717) is 39.4 Å². The zero-order valence-electron chi connectivity index (χ0n) is 43.0. The van der Waals surface area contributed by atoms with Crippen molar-refractivity contribution in [2.45, 2.75) is 13.8 Å². The third-order valence-corrected chi connectivity index (χ3v) is 11.6. The fourth-order valence-corrected chi connectivity index (χ4v) is 7.32. The van der Waals surface area contributed by atoms with E-state index in [2.05, 4.69) is 21.1 Å². The molecule has 0 aliphatic rings. The summed E-state index contributed by atoms with van der Waals surface area (Å²) >= 11 is 20.3. The molecule has 0 aromatic heterocycles. The van der Waals surface area contributed by atoms with Crippen LogP contribution in [0, 0.1) is 13.8 Å². The number of carbonyl (C=O) groups is 4. The lowest BCUT2D eigenvalue weighted by Crippen LogP contribution is -2.26. The topological polar surface area (TPSA) is 197 Å². The Bertz CT molecular complexity index is 3390. The Morgan fingerprint density at radius 3 is 1.03 bits per heavy atom. The molecule has 17 heteroatoms. The van der Waals surface area contributed by atoms with Gasteiger partial charge in [-0.15, -0.1) is 0 Å². The Labute approximate surface area is 473 Å². The summed E-state index contributed by atoms with van der Waals surface area (Å²) in [5, 5.41) is 7.84. The highest BCUT2D eigenvalue weighted by molar-refractivity contribution is 7.80. The van der Waals surface area contributed by atoms with Crippen LogP contribution in [0.25, 0.3) is 0 Å². The first kappa shape index (κ1) is 60.0. The second kappa shape index (κ2) is 30.6. The first-order valence-electron chi connectivity index (χ1n) is 23.6. The molecule has 6 N–H and O–H groups in total. The van der Waals surface area contributed by atoms with Crippen molar-refractivity contribution in [2.75, 3.05) is 21.3 Å². The van der Waals surface area contributed by atoms with Gasteiger partial charge in [-0.3, -0.25) is 30.0 Å². The Morgan fingerprint density at radius 2 is 0.679 bits per heavy atom. The molecule has 8 aromatic rings. The van der Waals surface area contributed by atoms with Crippen LogP contribution in [-0.4, -0.2) is 65.0 Å². The number of carbonyl (C=O) groups excluding carboxylic acids is 4. The number of benzene rings is 8. The molecular formula is C61H54Cl2N6O7S2. The molecule has 0 spiro atoms. The summed E-state index contributed by atoms with van der Waals surface area (Å²) in [5.74, 6) is 2.13. The van der Waals surface area contributed by atoms with Gasteiger partial charge in [-0.1, -0.05) is 132 Å². The summed E-state index contributed by atoms with van der Waals surface area (Å²) in [6.07, 6.45) is 0. The summed E-state index contributed by atoms with van der Waals surface area (Å²) in [6, 6.07) is 60.1.